The van der Waals surface area contributed by atoms with Crippen molar-refractivity contribution in [2.75, 3.05) is 6.54 Å². The van der Waals surface area contributed by atoms with Crippen LogP contribution in [0.4, 0.5) is 0 Å². The molecule has 152 valence electrons. The van der Waals surface area contributed by atoms with Gasteiger partial charge in [0.15, 0.2) is 0 Å². The topological polar surface area (TPSA) is 81.4 Å². The number of nitrogens with one attached hydrogen (secondary N) is 1. The Kier molecular flexibility index (Phi) is 7.04. The Morgan fingerprint density at radius 3 is 2.41 bits per heavy atom. The number of sulfonamides is 1. The minimum absolute atomic E-state index is 0.136. The first-order chi connectivity index (χ1) is 13.9. The van der Waals surface area contributed by atoms with Crippen LogP contribution in [-0.4, -0.2) is 15.0 Å². The number of benzene rings is 3. The summed E-state index contributed by atoms with van der Waals surface area (Å²) in [7, 11) is -3.64. The van der Waals surface area contributed by atoms with E-state index >= 15 is 0 Å². The van der Waals surface area contributed by atoms with E-state index < -0.39 is 10.0 Å². The normalized spacial score (nSPS) is 11.4. The second-order valence-electron chi connectivity index (χ2n) is 6.98. The highest BCUT2D eigenvalue weighted by molar-refractivity contribution is 7.89. The van der Waals surface area contributed by atoms with Crippen LogP contribution in [-0.2, 0) is 29.6 Å². The molecular formula is C23H26N2O3S. The number of primary sulfonamides is 1. The quantitative estimate of drug-likeness (QED) is 0.529. The molecule has 0 fully saturated rings. The van der Waals surface area contributed by atoms with E-state index in [-0.39, 0.29) is 4.90 Å². The van der Waals surface area contributed by atoms with Crippen LogP contribution in [0.15, 0.2) is 77.7 Å². The van der Waals surface area contributed by atoms with Gasteiger partial charge in [-0.25, -0.2) is 13.6 Å². The van der Waals surface area contributed by atoms with Gasteiger partial charge in [-0.15, -0.1) is 0 Å². The van der Waals surface area contributed by atoms with Crippen LogP contribution in [0.3, 0.4) is 0 Å². The second-order valence-corrected chi connectivity index (χ2v) is 8.54. The van der Waals surface area contributed by atoms with Gasteiger partial charge >= 0.3 is 0 Å². The largest absolute Gasteiger partial charge is 0.489 e. The van der Waals surface area contributed by atoms with Crippen LogP contribution in [0.5, 0.6) is 5.75 Å². The molecule has 0 saturated carbocycles. The van der Waals surface area contributed by atoms with Crippen LogP contribution >= 0.6 is 0 Å². The predicted octanol–water partition coefficient (Wildman–Crippen LogP) is 3.55. The van der Waals surface area contributed by atoms with E-state index in [0.717, 1.165) is 36.4 Å². The monoisotopic (exact) mass is 410 g/mol. The SMILES string of the molecule is Cc1ccccc1COc1cccc(CNCCc2ccc(S(N)(=O)=O)cc2)c1. The van der Waals surface area contributed by atoms with Crippen molar-refractivity contribution in [3.05, 3.63) is 95.1 Å². The van der Waals surface area contributed by atoms with Gasteiger partial charge in [-0.3, -0.25) is 0 Å². The molecule has 0 aliphatic carbocycles. The molecular weight excluding hydrogens is 384 g/mol. The average Bonchev–Trinajstić information content (AvgIpc) is 2.71. The van der Waals surface area contributed by atoms with E-state index in [9.17, 15) is 8.42 Å². The molecule has 0 radical (unpaired) electrons. The molecule has 0 aromatic heterocycles. The summed E-state index contributed by atoms with van der Waals surface area (Å²) in [5, 5.41) is 8.52. The van der Waals surface area contributed by atoms with Crippen molar-refractivity contribution in [3.63, 3.8) is 0 Å². The van der Waals surface area contributed by atoms with Gasteiger partial charge in [0, 0.05) is 6.54 Å². The van der Waals surface area contributed by atoms with E-state index in [1.54, 1.807) is 24.3 Å². The molecule has 29 heavy (non-hydrogen) atoms. The van der Waals surface area contributed by atoms with E-state index in [2.05, 4.69) is 30.4 Å². The first-order valence-corrected chi connectivity index (χ1v) is 11.1. The number of ether oxygens (including phenoxy) is 1. The molecule has 0 heterocycles. The molecule has 0 aliphatic heterocycles. The second kappa shape index (κ2) is 9.69. The minimum Gasteiger partial charge on any atom is -0.489 e. The highest BCUT2D eigenvalue weighted by Gasteiger charge is 2.06. The van der Waals surface area contributed by atoms with Gasteiger partial charge in [0.05, 0.1) is 4.90 Å². The highest BCUT2D eigenvalue weighted by Crippen LogP contribution is 2.17. The van der Waals surface area contributed by atoms with E-state index in [1.165, 1.54) is 11.1 Å². The van der Waals surface area contributed by atoms with Crippen LogP contribution in [0.25, 0.3) is 0 Å². The zero-order valence-electron chi connectivity index (χ0n) is 16.5. The third-order valence-corrected chi connectivity index (χ3v) is 5.65. The van der Waals surface area contributed by atoms with Crippen LogP contribution in [0.1, 0.15) is 22.3 Å². The lowest BCUT2D eigenvalue weighted by Gasteiger charge is -2.10. The molecule has 0 amide bonds. The Labute approximate surface area is 172 Å². The van der Waals surface area contributed by atoms with E-state index in [4.69, 9.17) is 9.88 Å². The first-order valence-electron chi connectivity index (χ1n) is 9.50. The van der Waals surface area contributed by atoms with Crippen molar-refractivity contribution in [2.45, 2.75) is 31.4 Å². The van der Waals surface area contributed by atoms with Crippen LogP contribution < -0.4 is 15.2 Å². The summed E-state index contributed by atoms with van der Waals surface area (Å²) in [6.07, 6.45) is 0.800. The summed E-state index contributed by atoms with van der Waals surface area (Å²) in [6, 6.07) is 23.0. The summed E-state index contributed by atoms with van der Waals surface area (Å²) in [5.41, 5.74) is 4.61. The lowest BCUT2D eigenvalue weighted by atomic mass is 10.1. The minimum atomic E-state index is -3.64. The van der Waals surface area contributed by atoms with Crippen molar-refractivity contribution >= 4 is 10.0 Å². The molecule has 3 N–H and O–H groups in total. The Balaban J connectivity index is 1.46. The number of nitrogens with two attached hydrogens (primary N) is 1. The van der Waals surface area contributed by atoms with Gasteiger partial charge in [-0.2, -0.15) is 0 Å². The first kappa shape index (κ1) is 21.0. The lowest BCUT2D eigenvalue weighted by Crippen LogP contribution is -2.17. The molecule has 0 spiro atoms. The van der Waals surface area contributed by atoms with E-state index in [0.29, 0.717) is 6.61 Å². The molecule has 0 unspecified atom stereocenters. The molecule has 3 rings (SSSR count). The summed E-state index contributed by atoms with van der Waals surface area (Å²) < 4.78 is 28.5. The molecule has 0 atom stereocenters. The van der Waals surface area contributed by atoms with Gasteiger partial charge < -0.3 is 10.1 Å². The smallest absolute Gasteiger partial charge is 0.238 e. The van der Waals surface area contributed by atoms with Crippen LogP contribution in [0.2, 0.25) is 0 Å². The van der Waals surface area contributed by atoms with Crippen molar-refractivity contribution in [2.24, 2.45) is 5.14 Å². The average molecular weight is 411 g/mol. The Bertz CT molecular complexity index is 1050. The Morgan fingerprint density at radius 1 is 0.931 bits per heavy atom. The van der Waals surface area contributed by atoms with Gasteiger partial charge in [0.1, 0.15) is 12.4 Å². The van der Waals surface area contributed by atoms with Gasteiger partial charge in [-0.05, 0) is 66.4 Å². The van der Waals surface area contributed by atoms with Crippen molar-refractivity contribution in [1.82, 2.24) is 5.32 Å². The van der Waals surface area contributed by atoms with Gasteiger partial charge in [0.2, 0.25) is 10.0 Å². The molecule has 3 aromatic carbocycles. The van der Waals surface area contributed by atoms with Crippen molar-refractivity contribution in [1.29, 1.82) is 0 Å². The fourth-order valence-corrected chi connectivity index (χ4v) is 3.51. The highest BCUT2D eigenvalue weighted by atomic mass is 32.2. The number of hydrogen-bond acceptors (Lipinski definition) is 4. The van der Waals surface area contributed by atoms with Crippen molar-refractivity contribution < 1.29 is 13.2 Å². The van der Waals surface area contributed by atoms with Crippen LogP contribution in [0, 0.1) is 6.92 Å². The Morgan fingerprint density at radius 2 is 1.69 bits per heavy atom. The van der Waals surface area contributed by atoms with Gasteiger partial charge in [-0.1, -0.05) is 48.5 Å². The predicted molar refractivity (Wildman–Crippen MR) is 115 cm³/mol. The molecule has 0 aliphatic rings. The third-order valence-electron chi connectivity index (χ3n) is 4.73. The Hall–Kier alpha value is -2.67. The van der Waals surface area contributed by atoms with Gasteiger partial charge in [0.25, 0.3) is 0 Å². The fraction of sp³-hybridized carbons (Fsp3) is 0.217. The summed E-state index contributed by atoms with van der Waals surface area (Å²) in [4.78, 5) is 0.136. The fourth-order valence-electron chi connectivity index (χ4n) is 2.99. The maximum Gasteiger partial charge on any atom is 0.238 e. The zero-order valence-corrected chi connectivity index (χ0v) is 17.3. The molecule has 3 aromatic rings. The maximum atomic E-state index is 11.3. The third kappa shape index (κ3) is 6.42. The molecule has 0 bridgehead atoms. The summed E-state index contributed by atoms with van der Waals surface area (Å²) in [6.45, 7) is 4.15. The standard InChI is InChI=1S/C23H26N2O3S/c1-18-5-2-3-7-21(18)17-28-22-8-4-6-20(15-22)16-25-14-13-19-9-11-23(12-10-19)29(24,26)27/h2-12,15,25H,13-14,16-17H2,1H3,(H2,24,26,27). The van der Waals surface area contributed by atoms with Crippen molar-refractivity contribution in [3.8, 4) is 5.75 Å². The zero-order chi connectivity index (χ0) is 20.7. The maximum absolute atomic E-state index is 11.3. The lowest BCUT2D eigenvalue weighted by molar-refractivity contribution is 0.305. The number of aryl methyl sites for hydroxylation is 1. The molecule has 5 nitrogen and oxygen atoms in total. The molecule has 6 heteroatoms. The number of rotatable bonds is 9. The number of hydrogen-bond donors (Lipinski definition) is 2. The summed E-state index contributed by atoms with van der Waals surface area (Å²) >= 11 is 0. The molecule has 0 saturated heterocycles. The van der Waals surface area contributed by atoms with E-state index in [1.807, 2.05) is 30.3 Å². The summed E-state index contributed by atoms with van der Waals surface area (Å²) in [5.74, 6) is 0.853.